The van der Waals surface area contributed by atoms with Gasteiger partial charge in [-0.25, -0.2) is 13.8 Å². The Labute approximate surface area is 195 Å². The summed E-state index contributed by atoms with van der Waals surface area (Å²) in [5.74, 6) is -0.717. The molecular weight excluding hydrogens is 436 g/mol. The first kappa shape index (κ1) is 21.0. The third kappa shape index (κ3) is 3.38. The number of carbonyl (C=O) groups is 1. The van der Waals surface area contributed by atoms with E-state index in [2.05, 4.69) is 16.3 Å². The second kappa shape index (κ2) is 8.01. The van der Waals surface area contributed by atoms with Gasteiger partial charge in [-0.05, 0) is 72.9 Å². The van der Waals surface area contributed by atoms with Crippen molar-refractivity contribution in [3.8, 4) is 6.07 Å². The molecule has 3 atom stereocenters. The highest BCUT2D eigenvalue weighted by atomic mass is 19.2. The summed E-state index contributed by atoms with van der Waals surface area (Å²) in [4.78, 5) is 13.6. The largest absolute Gasteiger partial charge is 0.273 e. The monoisotopic (exact) mass is 459 g/mol. The number of aromatic nitrogens is 2. The Kier molecular flexibility index (Phi) is 4.94. The van der Waals surface area contributed by atoms with E-state index in [4.69, 9.17) is 5.26 Å². The third-order valence-electron chi connectivity index (χ3n) is 7.88. The van der Waals surface area contributed by atoms with Crippen molar-refractivity contribution < 1.29 is 13.6 Å². The quantitative estimate of drug-likeness (QED) is 0.562. The number of amides is 1. The highest BCUT2D eigenvalue weighted by Gasteiger charge is 2.50. The molecule has 3 saturated carbocycles. The Morgan fingerprint density at radius 3 is 2.74 bits per heavy atom. The smallest absolute Gasteiger partial charge is 0.246 e. The molecule has 6 nitrogen and oxygen atoms in total. The fourth-order valence-corrected chi connectivity index (χ4v) is 5.98. The van der Waals surface area contributed by atoms with Crippen LogP contribution in [-0.4, -0.2) is 26.9 Å². The van der Waals surface area contributed by atoms with Gasteiger partial charge in [-0.3, -0.25) is 9.48 Å². The minimum absolute atomic E-state index is 0.0272. The lowest BCUT2D eigenvalue weighted by atomic mass is 9.55. The summed E-state index contributed by atoms with van der Waals surface area (Å²) in [6.45, 7) is 0.729. The van der Waals surface area contributed by atoms with Crippen molar-refractivity contribution in [2.45, 2.75) is 38.3 Å². The first-order valence-corrected chi connectivity index (χ1v) is 11.7. The van der Waals surface area contributed by atoms with Crippen LogP contribution in [0.1, 0.15) is 42.9 Å². The zero-order valence-electron chi connectivity index (χ0n) is 18.4. The predicted octanol–water partition coefficient (Wildman–Crippen LogP) is 4.81. The molecule has 34 heavy (non-hydrogen) atoms. The fourth-order valence-electron chi connectivity index (χ4n) is 5.98. The minimum Gasteiger partial charge on any atom is -0.273 e. The van der Waals surface area contributed by atoms with Gasteiger partial charge in [0.1, 0.15) is 0 Å². The molecule has 3 aromatic rings. The number of rotatable bonds is 4. The van der Waals surface area contributed by atoms with E-state index >= 15 is 0 Å². The van der Waals surface area contributed by atoms with E-state index in [0.29, 0.717) is 35.3 Å². The topological polar surface area (TPSA) is 74.3 Å². The first-order chi connectivity index (χ1) is 16.5. The van der Waals surface area contributed by atoms with Gasteiger partial charge in [-0.1, -0.05) is 6.07 Å². The van der Waals surface area contributed by atoms with E-state index in [-0.39, 0.29) is 11.8 Å². The van der Waals surface area contributed by atoms with Crippen molar-refractivity contribution >= 4 is 23.0 Å². The maximum atomic E-state index is 13.8. The Hall–Kier alpha value is -3.60. The van der Waals surface area contributed by atoms with Gasteiger partial charge in [0.05, 0.1) is 29.4 Å². The van der Waals surface area contributed by atoms with E-state index in [1.165, 1.54) is 17.1 Å². The van der Waals surface area contributed by atoms with Crippen LogP contribution in [0.25, 0.3) is 10.9 Å². The summed E-state index contributed by atoms with van der Waals surface area (Å²) in [7, 11) is 0. The molecule has 2 aromatic carbocycles. The highest BCUT2D eigenvalue weighted by Crippen LogP contribution is 2.53. The van der Waals surface area contributed by atoms with E-state index < -0.39 is 17.7 Å². The lowest BCUT2D eigenvalue weighted by Crippen LogP contribution is -2.49. The Bertz CT molecular complexity index is 1350. The van der Waals surface area contributed by atoms with E-state index in [1.54, 1.807) is 18.5 Å². The summed E-state index contributed by atoms with van der Waals surface area (Å²) < 4.78 is 29.2. The second-order valence-corrected chi connectivity index (χ2v) is 9.71. The fraction of sp³-hybridized carbons (Fsp3) is 0.385. The number of hydrogen-bond donors (Lipinski definition) is 0. The van der Waals surface area contributed by atoms with Crippen LogP contribution in [0.2, 0.25) is 0 Å². The summed E-state index contributed by atoms with van der Waals surface area (Å²) in [5, 5.41) is 20.4. The van der Waals surface area contributed by atoms with Crippen LogP contribution in [-0.2, 0) is 11.3 Å². The van der Waals surface area contributed by atoms with Gasteiger partial charge in [0.25, 0.3) is 0 Å². The molecule has 2 bridgehead atoms. The summed E-state index contributed by atoms with van der Waals surface area (Å²) in [5.41, 5.74) is 2.16. The molecule has 8 heteroatoms. The van der Waals surface area contributed by atoms with Crippen LogP contribution in [0, 0.1) is 46.6 Å². The van der Waals surface area contributed by atoms with E-state index in [9.17, 15) is 13.6 Å². The molecule has 1 amide bonds. The van der Waals surface area contributed by atoms with Gasteiger partial charge in [0.15, 0.2) is 11.6 Å². The summed E-state index contributed by atoms with van der Waals surface area (Å²) >= 11 is 0. The van der Waals surface area contributed by atoms with Crippen molar-refractivity contribution in [3.05, 3.63) is 65.4 Å². The van der Waals surface area contributed by atoms with Crippen molar-refractivity contribution in [3.63, 3.8) is 0 Å². The Morgan fingerprint density at radius 2 is 1.94 bits per heavy atom. The molecule has 172 valence electrons. The SMILES string of the molecule is N#Cc1ccc2c(cnn2CC2CC(C(=O)N3N=CCC3c3ccc(F)c(F)c3)C3CC2C3)c1. The summed E-state index contributed by atoms with van der Waals surface area (Å²) in [6.07, 6.45) is 6.76. The van der Waals surface area contributed by atoms with Gasteiger partial charge < -0.3 is 0 Å². The zero-order chi connectivity index (χ0) is 23.4. The average Bonchev–Trinajstić information content (AvgIpc) is 3.47. The molecule has 2 heterocycles. The molecule has 3 fully saturated rings. The van der Waals surface area contributed by atoms with Gasteiger partial charge in [-0.2, -0.15) is 15.5 Å². The molecule has 7 rings (SSSR count). The van der Waals surface area contributed by atoms with Gasteiger partial charge in [0.2, 0.25) is 5.91 Å². The number of carbonyl (C=O) groups excluding carboxylic acids is 1. The number of nitriles is 1. The number of halogens is 2. The molecule has 1 aliphatic heterocycles. The first-order valence-electron chi connectivity index (χ1n) is 11.7. The van der Waals surface area contributed by atoms with Crippen LogP contribution < -0.4 is 0 Å². The van der Waals surface area contributed by atoms with Crippen LogP contribution in [0.3, 0.4) is 0 Å². The highest BCUT2D eigenvalue weighted by molar-refractivity contribution is 5.83. The lowest BCUT2D eigenvalue weighted by Gasteiger charge is -2.51. The molecule has 3 unspecified atom stereocenters. The third-order valence-corrected chi connectivity index (χ3v) is 7.88. The minimum atomic E-state index is -0.912. The molecule has 0 N–H and O–H groups in total. The van der Waals surface area contributed by atoms with Gasteiger partial charge in [-0.15, -0.1) is 0 Å². The number of benzene rings is 2. The van der Waals surface area contributed by atoms with Crippen LogP contribution in [0.15, 0.2) is 47.7 Å². The van der Waals surface area contributed by atoms with Crippen molar-refractivity contribution in [1.82, 2.24) is 14.8 Å². The number of nitrogens with zero attached hydrogens (tertiary/aromatic N) is 5. The standard InChI is InChI=1S/C26H23F2N5O/c27-22-3-2-16(11-23(22)28)25-5-6-30-33(25)26(34)21-10-20(17-8-18(21)9-17)14-32-24-4-1-15(12-29)7-19(24)13-31-32/h1-4,6-7,11,13,17-18,20-21,25H,5,8-10,14H2. The van der Waals surface area contributed by atoms with Crippen LogP contribution >= 0.6 is 0 Å². The molecule has 0 spiro atoms. The van der Waals surface area contributed by atoms with Crippen molar-refractivity contribution in [2.75, 3.05) is 0 Å². The maximum Gasteiger partial charge on any atom is 0.246 e. The summed E-state index contributed by atoms with van der Waals surface area (Å²) in [6, 6.07) is 11.1. The Balaban J connectivity index is 1.20. The predicted molar refractivity (Wildman–Crippen MR) is 121 cm³/mol. The molecule has 0 radical (unpaired) electrons. The number of hydrogen-bond acceptors (Lipinski definition) is 4. The number of hydrazone groups is 1. The zero-order valence-corrected chi connectivity index (χ0v) is 18.4. The lowest BCUT2D eigenvalue weighted by molar-refractivity contribution is -0.147. The molecule has 0 saturated heterocycles. The normalized spacial score (nSPS) is 27.6. The van der Waals surface area contributed by atoms with E-state index in [0.717, 1.165) is 42.8 Å². The molecule has 1 aromatic heterocycles. The average molecular weight is 460 g/mol. The van der Waals surface area contributed by atoms with Gasteiger partial charge >= 0.3 is 0 Å². The van der Waals surface area contributed by atoms with Crippen LogP contribution in [0.5, 0.6) is 0 Å². The Morgan fingerprint density at radius 1 is 1.09 bits per heavy atom. The number of fused-ring (bicyclic) bond motifs is 3. The van der Waals surface area contributed by atoms with Crippen molar-refractivity contribution in [1.29, 1.82) is 5.26 Å². The molecular formula is C26H23F2N5O. The van der Waals surface area contributed by atoms with Crippen LogP contribution in [0.4, 0.5) is 8.78 Å². The molecule has 3 aliphatic carbocycles. The second-order valence-electron chi connectivity index (χ2n) is 9.71. The van der Waals surface area contributed by atoms with Crippen molar-refractivity contribution in [2.24, 2.45) is 28.8 Å². The van der Waals surface area contributed by atoms with Gasteiger partial charge in [0, 0.05) is 30.5 Å². The molecule has 4 aliphatic rings. The maximum absolute atomic E-state index is 13.8. The van der Waals surface area contributed by atoms with E-state index in [1.807, 2.05) is 16.8 Å².